The first-order valence-electron chi connectivity index (χ1n) is 7.50. The van der Waals surface area contributed by atoms with Crippen molar-refractivity contribution in [1.29, 1.82) is 0 Å². The number of benzene rings is 1. The molecule has 5 heteroatoms. The number of aliphatic carboxylic acids is 1. The molecule has 21 heavy (non-hydrogen) atoms. The van der Waals surface area contributed by atoms with Crippen LogP contribution in [-0.2, 0) is 11.2 Å². The lowest BCUT2D eigenvalue weighted by molar-refractivity contribution is -0.136. The minimum absolute atomic E-state index is 0.0300. The van der Waals surface area contributed by atoms with Gasteiger partial charge in [0.25, 0.3) is 0 Å². The second-order valence-electron chi connectivity index (χ2n) is 6.01. The highest BCUT2D eigenvalue weighted by Crippen LogP contribution is 2.37. The van der Waals surface area contributed by atoms with Gasteiger partial charge in [-0.2, -0.15) is 0 Å². The molecule has 1 aliphatic carbocycles. The van der Waals surface area contributed by atoms with Gasteiger partial charge in [0, 0.05) is 24.7 Å². The van der Waals surface area contributed by atoms with Gasteiger partial charge in [0.2, 0.25) is 0 Å². The van der Waals surface area contributed by atoms with Crippen LogP contribution in [0.5, 0.6) is 0 Å². The first-order chi connectivity index (χ1) is 10.1. The number of carboxylic acid groups (broad SMARTS) is 1. The number of carboxylic acids is 1. The van der Waals surface area contributed by atoms with Gasteiger partial charge < -0.3 is 15.3 Å². The van der Waals surface area contributed by atoms with E-state index < -0.39 is 5.97 Å². The summed E-state index contributed by atoms with van der Waals surface area (Å²) in [6.45, 7) is 0.870. The van der Waals surface area contributed by atoms with Crippen molar-refractivity contribution in [3.63, 3.8) is 0 Å². The van der Waals surface area contributed by atoms with Crippen LogP contribution in [0.15, 0.2) is 24.3 Å². The number of nitrogens with one attached hydrogen (secondary N) is 1. The van der Waals surface area contributed by atoms with Crippen LogP contribution in [0.3, 0.4) is 0 Å². The third-order valence-electron chi connectivity index (χ3n) is 4.48. The minimum Gasteiger partial charge on any atom is -0.481 e. The fraction of sp³-hybridized carbons (Fsp3) is 0.500. The van der Waals surface area contributed by atoms with Crippen LogP contribution in [0, 0.1) is 5.92 Å². The lowest BCUT2D eigenvalue weighted by atomic mass is 10.1. The summed E-state index contributed by atoms with van der Waals surface area (Å²) in [5.41, 5.74) is 1.67. The summed E-state index contributed by atoms with van der Waals surface area (Å²) < 4.78 is 0. The van der Waals surface area contributed by atoms with E-state index >= 15 is 0 Å². The summed E-state index contributed by atoms with van der Waals surface area (Å²) in [5.74, 6) is -0.125. The number of likely N-dealkylation sites (tertiary alicyclic amines) is 1. The predicted octanol–water partition coefficient (Wildman–Crippen LogP) is 2.72. The Morgan fingerprint density at radius 2 is 2.19 bits per heavy atom. The van der Waals surface area contributed by atoms with E-state index in [-0.39, 0.29) is 12.5 Å². The fourth-order valence-corrected chi connectivity index (χ4v) is 3.42. The van der Waals surface area contributed by atoms with Gasteiger partial charge in [0.1, 0.15) is 0 Å². The van der Waals surface area contributed by atoms with Crippen molar-refractivity contribution in [1.82, 2.24) is 4.90 Å². The van der Waals surface area contributed by atoms with Crippen LogP contribution < -0.4 is 5.32 Å². The average Bonchev–Trinajstić information content (AvgIpc) is 3.08. The molecule has 2 N–H and O–H groups in total. The van der Waals surface area contributed by atoms with E-state index in [0.717, 1.165) is 30.6 Å². The molecule has 2 unspecified atom stereocenters. The fourth-order valence-electron chi connectivity index (χ4n) is 3.42. The summed E-state index contributed by atoms with van der Waals surface area (Å²) in [4.78, 5) is 24.9. The van der Waals surface area contributed by atoms with Crippen molar-refractivity contribution < 1.29 is 14.7 Å². The van der Waals surface area contributed by atoms with Gasteiger partial charge in [-0.1, -0.05) is 12.1 Å². The number of carbonyl (C=O) groups excluding carboxylic acids is 1. The van der Waals surface area contributed by atoms with Crippen molar-refractivity contribution >= 4 is 17.7 Å². The third kappa shape index (κ3) is 3.17. The molecule has 1 aromatic rings. The summed E-state index contributed by atoms with van der Waals surface area (Å²) in [5, 5.41) is 11.7. The van der Waals surface area contributed by atoms with E-state index in [1.807, 2.05) is 29.2 Å². The van der Waals surface area contributed by atoms with Gasteiger partial charge >= 0.3 is 12.0 Å². The highest BCUT2D eigenvalue weighted by atomic mass is 16.4. The Balaban J connectivity index is 1.60. The number of piperidine rings is 1. The molecular weight excluding hydrogens is 268 g/mol. The predicted molar refractivity (Wildman–Crippen MR) is 79.3 cm³/mol. The lowest BCUT2D eigenvalue weighted by Crippen LogP contribution is -2.40. The molecule has 0 aromatic heterocycles. The molecule has 2 aliphatic rings. The molecule has 112 valence electrons. The molecule has 2 atom stereocenters. The maximum Gasteiger partial charge on any atom is 0.322 e. The van der Waals surface area contributed by atoms with E-state index in [9.17, 15) is 9.59 Å². The molecule has 5 nitrogen and oxygen atoms in total. The van der Waals surface area contributed by atoms with E-state index in [1.165, 1.54) is 6.42 Å². The SMILES string of the molecule is O=C(O)CCc1cccc(NC(=O)N2CC3CCC2C3)c1. The first kappa shape index (κ1) is 13.9. The molecule has 1 saturated carbocycles. The Hall–Kier alpha value is -2.04. The molecule has 1 saturated heterocycles. The zero-order valence-corrected chi connectivity index (χ0v) is 11.9. The Morgan fingerprint density at radius 1 is 1.33 bits per heavy atom. The largest absolute Gasteiger partial charge is 0.481 e. The van der Waals surface area contributed by atoms with E-state index in [0.29, 0.717) is 18.4 Å². The third-order valence-corrected chi connectivity index (χ3v) is 4.48. The van der Waals surface area contributed by atoms with Gasteiger partial charge in [-0.05, 0) is 49.3 Å². The van der Waals surface area contributed by atoms with Crippen LogP contribution in [0.25, 0.3) is 0 Å². The van der Waals surface area contributed by atoms with Crippen molar-refractivity contribution in [3.8, 4) is 0 Å². The lowest BCUT2D eigenvalue weighted by Gasteiger charge is -2.27. The standard InChI is InChI=1S/C16H20N2O3/c19-15(20)7-5-11-2-1-3-13(8-11)17-16(21)18-10-12-4-6-14(18)9-12/h1-3,8,12,14H,4-7,9-10H2,(H,17,21)(H,19,20). The normalized spacial score (nSPS) is 23.3. The smallest absolute Gasteiger partial charge is 0.322 e. The molecule has 2 fully saturated rings. The highest BCUT2D eigenvalue weighted by Gasteiger charge is 2.40. The molecule has 2 bridgehead atoms. The first-order valence-corrected chi connectivity index (χ1v) is 7.50. The van der Waals surface area contributed by atoms with Gasteiger partial charge in [-0.25, -0.2) is 4.79 Å². The second-order valence-corrected chi connectivity index (χ2v) is 6.01. The monoisotopic (exact) mass is 288 g/mol. The van der Waals surface area contributed by atoms with Crippen molar-refractivity contribution in [2.45, 2.75) is 38.1 Å². The zero-order valence-electron chi connectivity index (χ0n) is 11.9. The van der Waals surface area contributed by atoms with E-state index in [4.69, 9.17) is 5.11 Å². The van der Waals surface area contributed by atoms with Crippen molar-refractivity contribution in [2.75, 3.05) is 11.9 Å². The van der Waals surface area contributed by atoms with Gasteiger partial charge in [-0.3, -0.25) is 4.79 Å². The van der Waals surface area contributed by atoms with E-state index in [1.54, 1.807) is 0 Å². The summed E-state index contributed by atoms with van der Waals surface area (Å²) in [6.07, 6.45) is 4.10. The minimum atomic E-state index is -0.808. The number of anilines is 1. The second kappa shape index (κ2) is 5.76. The van der Waals surface area contributed by atoms with Gasteiger partial charge in [0.15, 0.2) is 0 Å². The molecule has 0 radical (unpaired) electrons. The Labute approximate surface area is 123 Å². The summed E-state index contributed by atoms with van der Waals surface area (Å²) in [6, 6.07) is 7.81. The number of hydrogen-bond donors (Lipinski definition) is 2. The van der Waals surface area contributed by atoms with Crippen LogP contribution in [0.1, 0.15) is 31.2 Å². The number of urea groups is 1. The van der Waals surface area contributed by atoms with Crippen LogP contribution in [0.4, 0.5) is 10.5 Å². The number of fused-ring (bicyclic) bond motifs is 2. The number of hydrogen-bond acceptors (Lipinski definition) is 2. The number of amides is 2. The highest BCUT2D eigenvalue weighted by molar-refractivity contribution is 5.90. The number of nitrogens with zero attached hydrogens (tertiary/aromatic N) is 1. The van der Waals surface area contributed by atoms with Crippen LogP contribution in [0.2, 0.25) is 0 Å². The number of rotatable bonds is 4. The maximum atomic E-state index is 12.3. The molecule has 1 heterocycles. The Morgan fingerprint density at radius 3 is 2.86 bits per heavy atom. The van der Waals surface area contributed by atoms with Crippen LogP contribution >= 0.6 is 0 Å². The van der Waals surface area contributed by atoms with Gasteiger partial charge in [-0.15, -0.1) is 0 Å². The van der Waals surface area contributed by atoms with Gasteiger partial charge in [0.05, 0.1) is 0 Å². The summed E-state index contributed by atoms with van der Waals surface area (Å²) in [7, 11) is 0. The zero-order chi connectivity index (χ0) is 14.8. The molecular formula is C16H20N2O3. The van der Waals surface area contributed by atoms with Crippen LogP contribution in [-0.4, -0.2) is 34.6 Å². The molecule has 0 spiro atoms. The van der Waals surface area contributed by atoms with Crippen molar-refractivity contribution in [2.24, 2.45) is 5.92 Å². The maximum absolute atomic E-state index is 12.3. The quantitative estimate of drug-likeness (QED) is 0.895. The molecule has 2 amide bonds. The molecule has 1 aliphatic heterocycles. The average molecular weight is 288 g/mol. The Bertz CT molecular complexity index is 558. The summed E-state index contributed by atoms with van der Waals surface area (Å²) >= 11 is 0. The Kier molecular flexibility index (Phi) is 3.82. The molecule has 3 rings (SSSR count). The number of aryl methyl sites for hydroxylation is 1. The van der Waals surface area contributed by atoms with E-state index in [2.05, 4.69) is 5.32 Å². The number of carbonyl (C=O) groups is 2. The van der Waals surface area contributed by atoms with Crippen molar-refractivity contribution in [3.05, 3.63) is 29.8 Å². The molecule has 1 aromatic carbocycles. The topological polar surface area (TPSA) is 69.6 Å².